The van der Waals surface area contributed by atoms with Crippen molar-refractivity contribution in [3.8, 4) is 0 Å². The van der Waals surface area contributed by atoms with E-state index in [2.05, 4.69) is 10.3 Å². The maximum absolute atomic E-state index is 13.4. The highest BCUT2D eigenvalue weighted by atomic mass is 35.5. The lowest BCUT2D eigenvalue weighted by atomic mass is 9.89. The lowest BCUT2D eigenvalue weighted by Crippen LogP contribution is -2.30. The van der Waals surface area contributed by atoms with Crippen molar-refractivity contribution in [1.82, 2.24) is 13.9 Å². The van der Waals surface area contributed by atoms with E-state index < -0.39 is 15.8 Å². The van der Waals surface area contributed by atoms with Gasteiger partial charge in [0.25, 0.3) is 10.0 Å². The molecule has 4 rings (SSSR count). The van der Waals surface area contributed by atoms with E-state index in [4.69, 9.17) is 11.6 Å². The van der Waals surface area contributed by atoms with Crippen molar-refractivity contribution < 1.29 is 17.2 Å². The monoisotopic (exact) mass is 466 g/mol. The van der Waals surface area contributed by atoms with Crippen molar-refractivity contribution in [3.05, 3.63) is 77.2 Å². The van der Waals surface area contributed by atoms with E-state index >= 15 is 0 Å². The predicted octanol–water partition coefficient (Wildman–Crippen LogP) is 3.87. The quantitative estimate of drug-likeness (QED) is 0.599. The first kappa shape index (κ1) is 21.7. The SMILES string of the molecule is Cn1cnc(S(=O)(=O)N2CC(CNc3ccc(F)c(Cl)c3)C(c3ccc(F)cc3)C2)c1. The second-order valence-corrected chi connectivity index (χ2v) is 9.92. The molecule has 164 valence electrons. The maximum atomic E-state index is 13.4. The summed E-state index contributed by atoms with van der Waals surface area (Å²) in [5.41, 5.74) is 1.49. The van der Waals surface area contributed by atoms with Gasteiger partial charge in [0.05, 0.1) is 11.3 Å². The van der Waals surface area contributed by atoms with Crippen LogP contribution in [-0.2, 0) is 17.1 Å². The zero-order chi connectivity index (χ0) is 22.2. The Morgan fingerprint density at radius 3 is 2.55 bits per heavy atom. The molecule has 2 unspecified atom stereocenters. The summed E-state index contributed by atoms with van der Waals surface area (Å²) in [6, 6.07) is 10.4. The van der Waals surface area contributed by atoms with Gasteiger partial charge < -0.3 is 9.88 Å². The Labute approximate surface area is 184 Å². The van der Waals surface area contributed by atoms with Crippen molar-refractivity contribution in [1.29, 1.82) is 0 Å². The van der Waals surface area contributed by atoms with Gasteiger partial charge in [0, 0.05) is 44.5 Å². The molecule has 1 N–H and O–H groups in total. The molecular weight excluding hydrogens is 446 g/mol. The van der Waals surface area contributed by atoms with E-state index in [9.17, 15) is 17.2 Å². The Kier molecular flexibility index (Phi) is 6.00. The molecule has 2 heterocycles. The summed E-state index contributed by atoms with van der Waals surface area (Å²) in [6.45, 7) is 0.947. The number of benzene rings is 2. The van der Waals surface area contributed by atoms with Gasteiger partial charge in [0.2, 0.25) is 0 Å². The number of rotatable bonds is 6. The molecule has 1 aliphatic rings. The van der Waals surface area contributed by atoms with Crippen molar-refractivity contribution in [2.75, 3.05) is 25.0 Å². The normalized spacial score (nSPS) is 19.6. The molecule has 3 aromatic rings. The topological polar surface area (TPSA) is 67.2 Å². The molecule has 31 heavy (non-hydrogen) atoms. The minimum absolute atomic E-state index is 0.00543. The number of aryl methyl sites for hydroxylation is 1. The summed E-state index contributed by atoms with van der Waals surface area (Å²) in [5.74, 6) is -1.12. The van der Waals surface area contributed by atoms with Crippen molar-refractivity contribution in [3.63, 3.8) is 0 Å². The van der Waals surface area contributed by atoms with E-state index in [1.54, 1.807) is 29.8 Å². The fraction of sp³-hybridized carbons (Fsp3) is 0.286. The number of anilines is 1. The third kappa shape index (κ3) is 4.58. The van der Waals surface area contributed by atoms with Crippen molar-refractivity contribution in [2.24, 2.45) is 13.0 Å². The van der Waals surface area contributed by atoms with Crippen LogP contribution in [0.25, 0.3) is 0 Å². The van der Waals surface area contributed by atoms with Crippen LogP contribution in [0.1, 0.15) is 11.5 Å². The predicted molar refractivity (Wildman–Crippen MR) is 114 cm³/mol. The van der Waals surface area contributed by atoms with Crippen LogP contribution in [-0.4, -0.2) is 41.9 Å². The minimum Gasteiger partial charge on any atom is -0.385 e. The Morgan fingerprint density at radius 1 is 1.16 bits per heavy atom. The average Bonchev–Trinajstić information content (AvgIpc) is 3.37. The number of nitrogens with one attached hydrogen (secondary N) is 1. The first-order valence-electron chi connectivity index (χ1n) is 9.66. The van der Waals surface area contributed by atoms with E-state index in [-0.39, 0.29) is 40.8 Å². The zero-order valence-corrected chi connectivity index (χ0v) is 18.2. The van der Waals surface area contributed by atoms with Gasteiger partial charge in [-0.25, -0.2) is 22.2 Å². The first-order valence-corrected chi connectivity index (χ1v) is 11.5. The third-order valence-electron chi connectivity index (χ3n) is 5.48. The molecule has 2 aromatic carbocycles. The van der Waals surface area contributed by atoms with Crippen LogP contribution in [0.2, 0.25) is 5.02 Å². The van der Waals surface area contributed by atoms with E-state index in [0.717, 1.165) is 5.56 Å². The fourth-order valence-electron chi connectivity index (χ4n) is 3.83. The van der Waals surface area contributed by atoms with Crippen molar-refractivity contribution in [2.45, 2.75) is 10.9 Å². The molecule has 1 aromatic heterocycles. The highest BCUT2D eigenvalue weighted by molar-refractivity contribution is 7.89. The lowest BCUT2D eigenvalue weighted by molar-refractivity contribution is 0.459. The molecule has 6 nitrogen and oxygen atoms in total. The van der Waals surface area contributed by atoms with Gasteiger partial charge in [-0.05, 0) is 41.8 Å². The minimum atomic E-state index is -3.77. The molecule has 10 heteroatoms. The molecule has 0 aliphatic carbocycles. The zero-order valence-electron chi connectivity index (χ0n) is 16.7. The van der Waals surface area contributed by atoms with Gasteiger partial charge in [-0.1, -0.05) is 23.7 Å². The molecule has 1 fully saturated rings. The summed E-state index contributed by atoms with van der Waals surface area (Å²) < 4.78 is 56.0. The van der Waals surface area contributed by atoms with Gasteiger partial charge in [0.15, 0.2) is 5.03 Å². The summed E-state index contributed by atoms with van der Waals surface area (Å²) in [4.78, 5) is 4.00. The van der Waals surface area contributed by atoms with Gasteiger partial charge in [0.1, 0.15) is 11.6 Å². The highest BCUT2D eigenvalue weighted by Gasteiger charge is 2.40. The molecule has 1 saturated heterocycles. The molecule has 0 saturated carbocycles. The Morgan fingerprint density at radius 2 is 1.90 bits per heavy atom. The second-order valence-electron chi connectivity index (χ2n) is 7.63. The molecule has 0 bridgehead atoms. The van der Waals surface area contributed by atoms with Crippen LogP contribution in [0.4, 0.5) is 14.5 Å². The molecule has 1 aliphatic heterocycles. The van der Waals surface area contributed by atoms with Crippen molar-refractivity contribution >= 4 is 27.3 Å². The lowest BCUT2D eigenvalue weighted by Gasteiger charge is -2.20. The maximum Gasteiger partial charge on any atom is 0.262 e. The fourth-order valence-corrected chi connectivity index (χ4v) is 5.50. The Bertz CT molecular complexity index is 1180. The summed E-state index contributed by atoms with van der Waals surface area (Å²) in [7, 11) is -2.06. The Balaban J connectivity index is 1.58. The number of nitrogens with zero attached hydrogens (tertiary/aromatic N) is 3. The van der Waals surface area contributed by atoms with Gasteiger partial charge in [-0.15, -0.1) is 0 Å². The third-order valence-corrected chi connectivity index (χ3v) is 7.49. The highest BCUT2D eigenvalue weighted by Crippen LogP contribution is 2.36. The van der Waals surface area contributed by atoms with Gasteiger partial charge in [-0.2, -0.15) is 4.31 Å². The standard InChI is InChI=1S/C21H21ClF2N4O2S/c1-27-12-21(26-13-27)31(29,30)28-10-15(9-25-17-6-7-20(24)19(22)8-17)18(11-28)14-2-4-16(23)5-3-14/h2-8,12-13,15,18,25H,9-11H2,1H3. The summed E-state index contributed by atoms with van der Waals surface area (Å²) >= 11 is 5.85. The smallest absolute Gasteiger partial charge is 0.262 e. The molecule has 0 spiro atoms. The van der Waals surface area contributed by atoms with E-state index in [0.29, 0.717) is 12.2 Å². The number of hydrogen-bond donors (Lipinski definition) is 1. The van der Waals surface area contributed by atoms with Crippen LogP contribution in [0.5, 0.6) is 0 Å². The number of imidazole rings is 1. The molecular formula is C21H21ClF2N4O2S. The van der Waals surface area contributed by atoms with Crippen LogP contribution in [0, 0.1) is 17.6 Å². The van der Waals surface area contributed by atoms with Crippen LogP contribution in [0.15, 0.2) is 60.0 Å². The van der Waals surface area contributed by atoms with Gasteiger partial charge >= 0.3 is 0 Å². The number of sulfonamides is 1. The average molecular weight is 467 g/mol. The number of halogens is 3. The molecule has 0 radical (unpaired) electrons. The summed E-state index contributed by atoms with van der Waals surface area (Å²) in [5, 5.41) is 3.21. The van der Waals surface area contributed by atoms with E-state index in [1.165, 1.54) is 41.1 Å². The Hall–Kier alpha value is -2.49. The first-order chi connectivity index (χ1) is 14.7. The second kappa shape index (κ2) is 8.57. The van der Waals surface area contributed by atoms with Gasteiger partial charge in [-0.3, -0.25) is 0 Å². The molecule has 0 amide bonds. The van der Waals surface area contributed by atoms with Crippen LogP contribution < -0.4 is 5.32 Å². The van der Waals surface area contributed by atoms with E-state index in [1.807, 2.05) is 0 Å². The number of aromatic nitrogens is 2. The summed E-state index contributed by atoms with van der Waals surface area (Å²) in [6.07, 6.45) is 2.91. The van der Waals surface area contributed by atoms with Crippen LogP contribution >= 0.6 is 11.6 Å². The molecule has 2 atom stereocenters. The largest absolute Gasteiger partial charge is 0.385 e. The van der Waals surface area contributed by atoms with Crippen LogP contribution in [0.3, 0.4) is 0 Å². The number of hydrogen-bond acceptors (Lipinski definition) is 4.